The Morgan fingerprint density at radius 1 is 1.09 bits per heavy atom. The number of hydrogen-bond acceptors (Lipinski definition) is 3. The summed E-state index contributed by atoms with van der Waals surface area (Å²) in [5.41, 5.74) is 3.02. The Bertz CT molecular complexity index is 1000. The van der Waals surface area contributed by atoms with Crippen LogP contribution in [0.3, 0.4) is 0 Å². The molecular weight excluding hydrogens is 454 g/mol. The van der Waals surface area contributed by atoms with Gasteiger partial charge in [0.15, 0.2) is 5.54 Å². The lowest BCUT2D eigenvalue weighted by molar-refractivity contribution is -0.163. The molecule has 0 aliphatic rings. The second-order valence-corrected chi connectivity index (χ2v) is 9.16. The van der Waals surface area contributed by atoms with E-state index in [1.54, 1.807) is 38.1 Å². The summed E-state index contributed by atoms with van der Waals surface area (Å²) in [7, 11) is 0. The van der Waals surface area contributed by atoms with Crippen LogP contribution >= 0.6 is 0 Å². The topological polar surface area (TPSA) is 92.9 Å². The lowest BCUT2D eigenvalue weighted by atomic mass is 9.78. The van der Waals surface area contributed by atoms with Gasteiger partial charge in [0.25, 0.3) is 0 Å². The Morgan fingerprint density at radius 3 is 2.26 bits per heavy atom. The number of aliphatic carboxylic acids is 1. The molecule has 3 N–H and O–H groups in total. The third-order valence-corrected chi connectivity index (χ3v) is 6.99. The normalized spacial score (nSPS) is 15.5. The van der Waals surface area contributed by atoms with E-state index in [9.17, 15) is 23.5 Å². The summed E-state index contributed by atoms with van der Waals surface area (Å²) < 4.78 is 34.0. The van der Waals surface area contributed by atoms with Gasteiger partial charge in [-0.05, 0) is 69.2 Å². The largest absolute Gasteiger partial charge is 0.484 e. The smallest absolute Gasteiger partial charge is 0.333 e. The highest BCUT2D eigenvalue weighted by molar-refractivity contribution is 5.87. The molecule has 2 rings (SSSR count). The van der Waals surface area contributed by atoms with E-state index in [-0.39, 0.29) is 18.9 Å². The Labute approximate surface area is 206 Å². The number of amides is 2. The lowest BCUT2D eigenvalue weighted by Gasteiger charge is -2.48. The molecule has 3 unspecified atom stereocenters. The lowest BCUT2D eigenvalue weighted by Crippen LogP contribution is -2.70. The highest BCUT2D eigenvalue weighted by Gasteiger charge is 2.57. The van der Waals surface area contributed by atoms with Gasteiger partial charge in [-0.1, -0.05) is 44.5 Å². The SMILES string of the molecule is CCCC(CCCN(C(N)=O)C(C)(C(=O)O)C(C)(CC)Oc1ccccc1)c1ccc(F)cc1F. The van der Waals surface area contributed by atoms with Crippen molar-refractivity contribution < 1.29 is 28.2 Å². The van der Waals surface area contributed by atoms with Crippen LogP contribution in [0.2, 0.25) is 0 Å². The molecule has 0 radical (unpaired) electrons. The van der Waals surface area contributed by atoms with E-state index in [0.717, 1.165) is 17.4 Å². The molecule has 0 saturated heterocycles. The number of benzene rings is 2. The van der Waals surface area contributed by atoms with Crippen LogP contribution in [-0.2, 0) is 4.79 Å². The first-order valence-electron chi connectivity index (χ1n) is 12.0. The Balaban J connectivity index is 2.31. The quantitative estimate of drug-likeness (QED) is 0.355. The fourth-order valence-electron chi connectivity index (χ4n) is 4.58. The fraction of sp³-hybridized carbons (Fsp3) is 0.481. The number of hydrogen-bond donors (Lipinski definition) is 2. The Morgan fingerprint density at radius 2 is 1.74 bits per heavy atom. The fourth-order valence-corrected chi connectivity index (χ4v) is 4.58. The molecule has 0 aliphatic heterocycles. The average molecular weight is 491 g/mol. The van der Waals surface area contributed by atoms with Gasteiger partial charge < -0.3 is 20.5 Å². The molecule has 0 heterocycles. The van der Waals surface area contributed by atoms with E-state index >= 15 is 0 Å². The summed E-state index contributed by atoms with van der Waals surface area (Å²) in [5, 5.41) is 10.3. The van der Waals surface area contributed by atoms with E-state index in [2.05, 4.69) is 0 Å². The van der Waals surface area contributed by atoms with Gasteiger partial charge in [-0.15, -0.1) is 0 Å². The predicted octanol–water partition coefficient (Wildman–Crippen LogP) is 6.10. The molecule has 8 heteroatoms. The van der Waals surface area contributed by atoms with Crippen molar-refractivity contribution >= 4 is 12.0 Å². The van der Waals surface area contributed by atoms with Crippen LogP contribution in [0.5, 0.6) is 5.75 Å². The average Bonchev–Trinajstić information content (AvgIpc) is 2.81. The van der Waals surface area contributed by atoms with Crippen LogP contribution in [0.25, 0.3) is 0 Å². The van der Waals surface area contributed by atoms with Crippen molar-refractivity contribution in [3.8, 4) is 5.75 Å². The summed E-state index contributed by atoms with van der Waals surface area (Å²) in [6.45, 7) is 6.89. The van der Waals surface area contributed by atoms with Crippen LogP contribution in [0, 0.1) is 11.6 Å². The van der Waals surface area contributed by atoms with Crippen LogP contribution < -0.4 is 10.5 Å². The van der Waals surface area contributed by atoms with E-state index in [1.807, 2.05) is 13.0 Å². The molecule has 2 aromatic rings. The number of carboxylic acids is 1. The minimum atomic E-state index is -1.79. The summed E-state index contributed by atoms with van der Waals surface area (Å²) in [6, 6.07) is 11.5. The van der Waals surface area contributed by atoms with Crippen molar-refractivity contribution in [2.24, 2.45) is 5.73 Å². The molecule has 2 amide bonds. The van der Waals surface area contributed by atoms with Gasteiger partial charge in [0.2, 0.25) is 0 Å². The standard InChI is InChI=1S/C27H36F2N2O4/c1-5-11-19(22-16-15-20(28)18-23(22)29)12-10-17-31(25(30)34)27(4,24(32)33)26(3,6-2)35-21-13-8-7-9-14-21/h7-9,13-16,18-19H,5-6,10-12,17H2,1-4H3,(H2,30,34)(H,32,33). The van der Waals surface area contributed by atoms with Crippen molar-refractivity contribution in [2.45, 2.75) is 76.9 Å². The number of carbonyl (C=O) groups excluding carboxylic acids is 1. The van der Waals surface area contributed by atoms with Gasteiger partial charge in [-0.3, -0.25) is 0 Å². The van der Waals surface area contributed by atoms with Crippen LogP contribution in [0.15, 0.2) is 48.5 Å². The number of para-hydroxylation sites is 1. The Hall–Kier alpha value is -3.16. The number of carboxylic acid groups (broad SMARTS) is 1. The van der Waals surface area contributed by atoms with E-state index in [0.29, 0.717) is 30.6 Å². The zero-order chi connectivity index (χ0) is 26.2. The van der Waals surface area contributed by atoms with E-state index in [4.69, 9.17) is 10.5 Å². The highest BCUT2D eigenvalue weighted by Crippen LogP contribution is 2.37. The number of primary amides is 1. The molecule has 0 spiro atoms. The third kappa shape index (κ3) is 6.29. The number of nitrogens with zero attached hydrogens (tertiary/aromatic N) is 1. The zero-order valence-electron chi connectivity index (χ0n) is 20.9. The van der Waals surface area contributed by atoms with Crippen molar-refractivity contribution in [3.05, 3.63) is 65.7 Å². The monoisotopic (exact) mass is 490 g/mol. The molecular formula is C27H36F2N2O4. The van der Waals surface area contributed by atoms with Gasteiger partial charge >= 0.3 is 12.0 Å². The maximum Gasteiger partial charge on any atom is 0.333 e. The number of nitrogens with two attached hydrogens (primary N) is 1. The molecule has 3 atom stereocenters. The Kier molecular flexibility index (Phi) is 9.63. The number of urea groups is 1. The zero-order valence-corrected chi connectivity index (χ0v) is 20.9. The van der Waals surface area contributed by atoms with Crippen molar-refractivity contribution in [1.29, 1.82) is 0 Å². The van der Waals surface area contributed by atoms with Crippen molar-refractivity contribution in [2.75, 3.05) is 6.54 Å². The molecule has 0 bridgehead atoms. The molecule has 0 aromatic heterocycles. The molecule has 6 nitrogen and oxygen atoms in total. The van der Waals surface area contributed by atoms with Crippen LogP contribution in [0.1, 0.15) is 71.3 Å². The minimum Gasteiger partial charge on any atom is -0.484 e. The van der Waals surface area contributed by atoms with Crippen molar-refractivity contribution in [3.63, 3.8) is 0 Å². The maximum absolute atomic E-state index is 14.4. The highest BCUT2D eigenvalue weighted by atomic mass is 19.1. The van der Waals surface area contributed by atoms with E-state index < -0.39 is 34.8 Å². The first-order chi connectivity index (χ1) is 16.5. The maximum atomic E-state index is 14.4. The van der Waals surface area contributed by atoms with Gasteiger partial charge in [0.1, 0.15) is 23.0 Å². The number of ether oxygens (including phenoxy) is 1. The van der Waals surface area contributed by atoms with Crippen LogP contribution in [-0.4, -0.2) is 39.7 Å². The van der Waals surface area contributed by atoms with Crippen LogP contribution in [0.4, 0.5) is 13.6 Å². The van der Waals surface area contributed by atoms with Crippen molar-refractivity contribution in [1.82, 2.24) is 4.90 Å². The number of rotatable bonds is 13. The molecule has 192 valence electrons. The molecule has 0 aliphatic carbocycles. The minimum absolute atomic E-state index is 0.0366. The number of carbonyl (C=O) groups is 2. The predicted molar refractivity (Wildman–Crippen MR) is 131 cm³/mol. The number of halogens is 2. The molecule has 0 fully saturated rings. The molecule has 2 aromatic carbocycles. The first kappa shape index (κ1) is 28.1. The van der Waals surface area contributed by atoms with Gasteiger partial charge in [-0.2, -0.15) is 0 Å². The summed E-state index contributed by atoms with van der Waals surface area (Å²) >= 11 is 0. The second-order valence-electron chi connectivity index (χ2n) is 9.16. The van der Waals surface area contributed by atoms with Gasteiger partial charge in [0, 0.05) is 12.6 Å². The second kappa shape index (κ2) is 12.0. The van der Waals surface area contributed by atoms with Gasteiger partial charge in [0.05, 0.1) is 0 Å². The molecule has 35 heavy (non-hydrogen) atoms. The third-order valence-electron chi connectivity index (χ3n) is 6.99. The van der Waals surface area contributed by atoms with Gasteiger partial charge in [-0.25, -0.2) is 18.4 Å². The molecule has 0 saturated carbocycles. The van der Waals surface area contributed by atoms with E-state index in [1.165, 1.54) is 19.1 Å². The summed E-state index contributed by atoms with van der Waals surface area (Å²) in [5.74, 6) is -2.23. The summed E-state index contributed by atoms with van der Waals surface area (Å²) in [6.07, 6.45) is 2.58. The summed E-state index contributed by atoms with van der Waals surface area (Å²) in [4.78, 5) is 26.3. The first-order valence-corrected chi connectivity index (χ1v) is 12.0.